The maximum atomic E-state index is 11.4. The molecule has 2 fully saturated rings. The highest BCUT2D eigenvalue weighted by molar-refractivity contribution is 5.69. The lowest BCUT2D eigenvalue weighted by Crippen LogP contribution is -2.47. The fourth-order valence-corrected chi connectivity index (χ4v) is 2.95. The molecule has 0 aliphatic carbocycles. The molecule has 6 nitrogen and oxygen atoms in total. The number of hydrogen-bond donors (Lipinski definition) is 0. The highest BCUT2D eigenvalue weighted by atomic mass is 16.5. The Morgan fingerprint density at radius 1 is 1.29 bits per heavy atom. The summed E-state index contributed by atoms with van der Waals surface area (Å²) < 4.78 is 16.3. The van der Waals surface area contributed by atoms with E-state index in [1.165, 1.54) is 7.11 Å². The standard InChI is InChI=1S/C15H28N2O4/c1-16-7-9-21-14(10-16)12-17(6-5-15(18)19-2)11-13-4-3-8-20-13/h13-14H,3-12H2,1-2H3. The molecule has 2 heterocycles. The number of carbonyl (C=O) groups is 1. The third-order valence-electron chi connectivity index (χ3n) is 4.15. The highest BCUT2D eigenvalue weighted by Gasteiger charge is 2.24. The summed E-state index contributed by atoms with van der Waals surface area (Å²) in [6.45, 7) is 6.01. The van der Waals surface area contributed by atoms with E-state index >= 15 is 0 Å². The van der Waals surface area contributed by atoms with Crippen LogP contribution < -0.4 is 0 Å². The molecule has 0 amide bonds. The maximum Gasteiger partial charge on any atom is 0.306 e. The molecule has 6 heteroatoms. The van der Waals surface area contributed by atoms with E-state index in [0.717, 1.165) is 52.2 Å². The molecule has 0 N–H and O–H groups in total. The van der Waals surface area contributed by atoms with Gasteiger partial charge in [0.05, 0.1) is 32.3 Å². The van der Waals surface area contributed by atoms with Gasteiger partial charge >= 0.3 is 5.97 Å². The van der Waals surface area contributed by atoms with Gasteiger partial charge in [0.2, 0.25) is 0 Å². The van der Waals surface area contributed by atoms with E-state index in [2.05, 4.69) is 16.8 Å². The van der Waals surface area contributed by atoms with Crippen LogP contribution >= 0.6 is 0 Å². The van der Waals surface area contributed by atoms with Gasteiger partial charge in [-0.25, -0.2) is 0 Å². The van der Waals surface area contributed by atoms with Gasteiger partial charge in [-0.1, -0.05) is 0 Å². The van der Waals surface area contributed by atoms with Crippen molar-refractivity contribution in [3.05, 3.63) is 0 Å². The fourth-order valence-electron chi connectivity index (χ4n) is 2.95. The van der Waals surface area contributed by atoms with Crippen molar-refractivity contribution in [1.29, 1.82) is 0 Å². The van der Waals surface area contributed by atoms with Crippen LogP contribution in [0.2, 0.25) is 0 Å². The third-order valence-corrected chi connectivity index (χ3v) is 4.15. The lowest BCUT2D eigenvalue weighted by atomic mass is 10.2. The van der Waals surface area contributed by atoms with Crippen LogP contribution in [0, 0.1) is 0 Å². The van der Waals surface area contributed by atoms with Crippen molar-refractivity contribution in [3.63, 3.8) is 0 Å². The molecule has 2 rings (SSSR count). The van der Waals surface area contributed by atoms with Crippen molar-refractivity contribution in [3.8, 4) is 0 Å². The first-order chi connectivity index (χ1) is 10.2. The number of likely N-dealkylation sites (N-methyl/N-ethyl adjacent to an activating group) is 1. The average molecular weight is 300 g/mol. The Morgan fingerprint density at radius 3 is 2.71 bits per heavy atom. The molecule has 0 saturated carbocycles. The van der Waals surface area contributed by atoms with Gasteiger partial charge in [0.25, 0.3) is 0 Å². The number of carbonyl (C=O) groups excluding carboxylic acids is 1. The SMILES string of the molecule is COC(=O)CCN(CC1CCCO1)CC1CN(C)CCO1. The van der Waals surface area contributed by atoms with E-state index in [1.54, 1.807) is 0 Å². The summed E-state index contributed by atoms with van der Waals surface area (Å²) in [6.07, 6.45) is 3.18. The molecule has 2 unspecified atom stereocenters. The molecule has 0 aromatic carbocycles. The van der Waals surface area contributed by atoms with Gasteiger partial charge in [-0.3, -0.25) is 9.69 Å². The van der Waals surface area contributed by atoms with Crippen molar-refractivity contribution >= 4 is 5.97 Å². The molecule has 2 aliphatic heterocycles. The molecule has 2 atom stereocenters. The molecular formula is C15H28N2O4. The van der Waals surface area contributed by atoms with Gasteiger partial charge in [-0.15, -0.1) is 0 Å². The van der Waals surface area contributed by atoms with E-state index in [9.17, 15) is 4.79 Å². The van der Waals surface area contributed by atoms with Crippen LogP contribution in [-0.4, -0.2) is 88.1 Å². The molecule has 2 aliphatic rings. The zero-order valence-electron chi connectivity index (χ0n) is 13.3. The van der Waals surface area contributed by atoms with Gasteiger partial charge in [0.1, 0.15) is 0 Å². The predicted octanol–water partition coefficient (Wildman–Crippen LogP) is 0.361. The average Bonchev–Trinajstić information content (AvgIpc) is 2.97. The molecule has 0 aromatic heterocycles. The number of rotatable bonds is 7. The Hall–Kier alpha value is -0.690. The van der Waals surface area contributed by atoms with Gasteiger partial charge in [-0.05, 0) is 19.9 Å². The van der Waals surface area contributed by atoms with Gasteiger partial charge in [0, 0.05) is 39.3 Å². The Bertz CT molecular complexity index is 321. The minimum atomic E-state index is -0.158. The summed E-state index contributed by atoms with van der Waals surface area (Å²) in [6, 6.07) is 0. The monoisotopic (exact) mass is 300 g/mol. The Kier molecular flexibility index (Phi) is 6.89. The van der Waals surface area contributed by atoms with Crippen LogP contribution in [0.1, 0.15) is 19.3 Å². The third kappa shape index (κ3) is 5.90. The van der Waals surface area contributed by atoms with Crippen molar-refractivity contribution in [2.24, 2.45) is 0 Å². The van der Waals surface area contributed by atoms with E-state index in [0.29, 0.717) is 19.1 Å². The van der Waals surface area contributed by atoms with Crippen molar-refractivity contribution < 1.29 is 19.0 Å². The minimum Gasteiger partial charge on any atom is -0.469 e. The molecule has 2 saturated heterocycles. The molecule has 0 radical (unpaired) electrons. The predicted molar refractivity (Wildman–Crippen MR) is 79.3 cm³/mol. The van der Waals surface area contributed by atoms with Crippen LogP contribution in [-0.2, 0) is 19.0 Å². The van der Waals surface area contributed by atoms with E-state index in [-0.39, 0.29) is 12.1 Å². The first kappa shape index (κ1) is 16.7. The smallest absolute Gasteiger partial charge is 0.306 e. The first-order valence-corrected chi connectivity index (χ1v) is 7.88. The summed E-state index contributed by atoms with van der Waals surface area (Å²) in [5.41, 5.74) is 0. The Balaban J connectivity index is 1.82. The number of hydrogen-bond acceptors (Lipinski definition) is 6. The Labute approximate surface area is 127 Å². The van der Waals surface area contributed by atoms with E-state index in [1.807, 2.05) is 0 Å². The molecule has 0 spiro atoms. The maximum absolute atomic E-state index is 11.4. The molecule has 21 heavy (non-hydrogen) atoms. The number of ether oxygens (including phenoxy) is 3. The number of morpholine rings is 1. The van der Waals surface area contributed by atoms with Gasteiger partial charge < -0.3 is 19.1 Å². The van der Waals surface area contributed by atoms with Crippen molar-refractivity contribution in [1.82, 2.24) is 9.80 Å². The highest BCUT2D eigenvalue weighted by Crippen LogP contribution is 2.15. The lowest BCUT2D eigenvalue weighted by molar-refractivity contribution is -0.141. The number of methoxy groups -OCH3 is 1. The summed E-state index contributed by atoms with van der Waals surface area (Å²) in [4.78, 5) is 16.0. The first-order valence-electron chi connectivity index (χ1n) is 7.88. The zero-order valence-corrected chi connectivity index (χ0v) is 13.3. The normalized spacial score (nSPS) is 27.2. The fraction of sp³-hybridized carbons (Fsp3) is 0.933. The van der Waals surface area contributed by atoms with Crippen LogP contribution in [0.5, 0.6) is 0 Å². The Morgan fingerprint density at radius 2 is 2.05 bits per heavy atom. The van der Waals surface area contributed by atoms with Gasteiger partial charge in [-0.2, -0.15) is 0 Å². The van der Waals surface area contributed by atoms with E-state index < -0.39 is 0 Å². The zero-order chi connectivity index (χ0) is 15.1. The molecule has 122 valence electrons. The topological polar surface area (TPSA) is 51.2 Å². The van der Waals surface area contributed by atoms with Crippen molar-refractivity contribution in [2.75, 3.05) is 60.1 Å². The molecule has 0 bridgehead atoms. The molecular weight excluding hydrogens is 272 g/mol. The van der Waals surface area contributed by atoms with Crippen LogP contribution in [0.4, 0.5) is 0 Å². The van der Waals surface area contributed by atoms with Crippen LogP contribution in [0.3, 0.4) is 0 Å². The summed E-state index contributed by atoms with van der Waals surface area (Å²) in [5, 5.41) is 0. The summed E-state index contributed by atoms with van der Waals surface area (Å²) >= 11 is 0. The van der Waals surface area contributed by atoms with Crippen LogP contribution in [0.25, 0.3) is 0 Å². The van der Waals surface area contributed by atoms with Crippen LogP contribution in [0.15, 0.2) is 0 Å². The quantitative estimate of drug-likeness (QED) is 0.633. The van der Waals surface area contributed by atoms with Gasteiger partial charge in [0.15, 0.2) is 0 Å². The number of nitrogens with zero attached hydrogens (tertiary/aromatic N) is 2. The molecule has 0 aromatic rings. The second-order valence-electron chi connectivity index (χ2n) is 5.98. The second-order valence-corrected chi connectivity index (χ2v) is 5.98. The largest absolute Gasteiger partial charge is 0.469 e. The summed E-state index contributed by atoms with van der Waals surface area (Å²) in [7, 11) is 3.56. The minimum absolute atomic E-state index is 0.158. The summed E-state index contributed by atoms with van der Waals surface area (Å²) in [5.74, 6) is -0.158. The van der Waals surface area contributed by atoms with Crippen molar-refractivity contribution in [2.45, 2.75) is 31.5 Å². The second kappa shape index (κ2) is 8.68. The van der Waals surface area contributed by atoms with E-state index in [4.69, 9.17) is 14.2 Å². The lowest BCUT2D eigenvalue weighted by Gasteiger charge is -2.34. The number of esters is 1.